The normalized spacial score (nSPS) is 15.1. The van der Waals surface area contributed by atoms with Gasteiger partial charge in [-0.25, -0.2) is 0 Å². The van der Waals surface area contributed by atoms with Crippen molar-refractivity contribution in [2.45, 2.75) is 13.0 Å². The van der Waals surface area contributed by atoms with Crippen LogP contribution in [0.25, 0.3) is 17.0 Å². The smallest absolute Gasteiger partial charge is 0.293 e. The number of nitrogens with zero attached hydrogens (tertiary/aromatic N) is 2. The Labute approximate surface area is 218 Å². The topological polar surface area (TPSA) is 42.3 Å². The summed E-state index contributed by atoms with van der Waals surface area (Å²) in [4.78, 5) is 27.5. The molecule has 1 aromatic heterocycles. The van der Waals surface area contributed by atoms with Gasteiger partial charge in [0.2, 0.25) is 0 Å². The van der Waals surface area contributed by atoms with Crippen molar-refractivity contribution in [2.75, 3.05) is 6.54 Å². The Bertz CT molecular complexity index is 1410. The summed E-state index contributed by atoms with van der Waals surface area (Å²) in [6.07, 6.45) is 4.54. The number of carbonyl (C=O) groups is 2. The van der Waals surface area contributed by atoms with Crippen LogP contribution < -0.4 is 0 Å². The van der Waals surface area contributed by atoms with Crippen LogP contribution in [0.2, 0.25) is 0 Å². The van der Waals surface area contributed by atoms with Crippen LogP contribution in [0.1, 0.15) is 16.7 Å². The van der Waals surface area contributed by atoms with Gasteiger partial charge >= 0.3 is 0 Å². The molecule has 1 aliphatic rings. The number of aromatic nitrogens is 1. The summed E-state index contributed by atoms with van der Waals surface area (Å²) in [5.41, 5.74) is 4.27. The maximum absolute atomic E-state index is 13.1. The van der Waals surface area contributed by atoms with Crippen LogP contribution in [-0.4, -0.2) is 27.2 Å². The number of carbonyl (C=O) groups excluding carboxylic acids is 2. The van der Waals surface area contributed by atoms with Gasteiger partial charge in [0.1, 0.15) is 0 Å². The third-order valence-corrected chi connectivity index (χ3v) is 7.70. The highest BCUT2D eigenvalue weighted by Crippen LogP contribution is 2.35. The first-order valence-electron chi connectivity index (χ1n) is 10.8. The average molecular weight is 596 g/mol. The van der Waals surface area contributed by atoms with Crippen LogP contribution in [0.15, 0.2) is 92.8 Å². The molecule has 170 valence electrons. The molecule has 1 aliphatic heterocycles. The van der Waals surface area contributed by atoms with E-state index in [1.165, 1.54) is 10.5 Å². The highest BCUT2D eigenvalue weighted by molar-refractivity contribution is 9.10. The van der Waals surface area contributed by atoms with Crippen molar-refractivity contribution in [1.82, 2.24) is 9.47 Å². The summed E-state index contributed by atoms with van der Waals surface area (Å²) in [6, 6.07) is 24.3. The van der Waals surface area contributed by atoms with Gasteiger partial charge in [-0.1, -0.05) is 74.3 Å². The number of amides is 2. The monoisotopic (exact) mass is 594 g/mol. The predicted molar refractivity (Wildman–Crippen MR) is 146 cm³/mol. The number of fused-ring (bicyclic) bond motifs is 1. The van der Waals surface area contributed by atoms with Crippen LogP contribution >= 0.6 is 43.6 Å². The van der Waals surface area contributed by atoms with Crippen LogP contribution in [0, 0.1) is 0 Å². The second kappa shape index (κ2) is 9.94. The maximum Gasteiger partial charge on any atom is 0.293 e. The quantitative estimate of drug-likeness (QED) is 0.217. The minimum atomic E-state index is -0.227. The Balaban J connectivity index is 1.43. The molecule has 0 saturated carbocycles. The van der Waals surface area contributed by atoms with E-state index in [4.69, 9.17) is 0 Å². The zero-order valence-corrected chi connectivity index (χ0v) is 22.1. The fourth-order valence-electron chi connectivity index (χ4n) is 4.05. The van der Waals surface area contributed by atoms with Crippen molar-refractivity contribution in [3.8, 4) is 0 Å². The van der Waals surface area contributed by atoms with Crippen LogP contribution in [0.5, 0.6) is 0 Å². The fourth-order valence-corrected chi connectivity index (χ4v) is 5.53. The number of hydrogen-bond donors (Lipinski definition) is 0. The lowest BCUT2D eigenvalue weighted by atomic mass is 10.1. The highest BCUT2D eigenvalue weighted by atomic mass is 79.9. The van der Waals surface area contributed by atoms with E-state index in [1.807, 2.05) is 54.6 Å². The summed E-state index contributed by atoms with van der Waals surface area (Å²) in [7, 11) is 0. The van der Waals surface area contributed by atoms with E-state index in [1.54, 1.807) is 0 Å². The van der Waals surface area contributed by atoms with E-state index in [0.29, 0.717) is 24.4 Å². The van der Waals surface area contributed by atoms with Gasteiger partial charge in [0, 0.05) is 44.7 Å². The van der Waals surface area contributed by atoms with Gasteiger partial charge in [0.05, 0.1) is 4.91 Å². The number of thioether (sulfide) groups is 1. The van der Waals surface area contributed by atoms with E-state index in [9.17, 15) is 9.59 Å². The molecule has 5 rings (SSSR count). The first-order chi connectivity index (χ1) is 16.5. The molecule has 1 saturated heterocycles. The van der Waals surface area contributed by atoms with Gasteiger partial charge in [0.25, 0.3) is 11.1 Å². The maximum atomic E-state index is 13.1. The third-order valence-electron chi connectivity index (χ3n) is 5.77. The second-order valence-electron chi connectivity index (χ2n) is 8.07. The van der Waals surface area contributed by atoms with E-state index in [2.05, 4.69) is 66.9 Å². The molecule has 4 nitrogen and oxygen atoms in total. The number of benzene rings is 3. The fraction of sp³-hybridized carbons (Fsp3) is 0.111. The molecule has 0 N–H and O–H groups in total. The molecule has 0 radical (unpaired) electrons. The molecule has 2 amide bonds. The lowest BCUT2D eigenvalue weighted by Gasteiger charge is -2.12. The zero-order valence-electron chi connectivity index (χ0n) is 18.1. The third kappa shape index (κ3) is 4.92. The molecular formula is C27H20Br2N2O2S. The molecule has 0 aliphatic carbocycles. The molecule has 34 heavy (non-hydrogen) atoms. The number of hydrogen-bond acceptors (Lipinski definition) is 3. The van der Waals surface area contributed by atoms with E-state index >= 15 is 0 Å². The van der Waals surface area contributed by atoms with Crippen LogP contribution in [0.4, 0.5) is 4.79 Å². The second-order valence-corrected chi connectivity index (χ2v) is 10.9. The molecule has 3 aromatic carbocycles. The predicted octanol–water partition coefficient (Wildman–Crippen LogP) is 7.49. The van der Waals surface area contributed by atoms with Crippen molar-refractivity contribution >= 4 is 71.7 Å². The minimum absolute atomic E-state index is 0.216. The first kappa shape index (κ1) is 23.1. The number of halogens is 2. The van der Waals surface area contributed by atoms with Gasteiger partial charge in [-0.3, -0.25) is 14.5 Å². The summed E-state index contributed by atoms with van der Waals surface area (Å²) in [6.45, 7) is 1.08. The molecule has 0 bridgehead atoms. The zero-order chi connectivity index (χ0) is 23.7. The molecular weight excluding hydrogens is 576 g/mol. The van der Waals surface area contributed by atoms with Crippen molar-refractivity contribution in [2.24, 2.45) is 0 Å². The van der Waals surface area contributed by atoms with Crippen molar-refractivity contribution < 1.29 is 9.59 Å². The Morgan fingerprint density at radius 1 is 0.853 bits per heavy atom. The van der Waals surface area contributed by atoms with Gasteiger partial charge in [-0.05, 0) is 65.7 Å². The number of rotatable bonds is 6. The van der Waals surface area contributed by atoms with Crippen molar-refractivity contribution in [3.05, 3.63) is 110 Å². The minimum Gasteiger partial charge on any atom is -0.342 e. The van der Waals surface area contributed by atoms with Gasteiger partial charge in [0.15, 0.2) is 0 Å². The lowest BCUT2D eigenvalue weighted by molar-refractivity contribution is -0.122. The molecule has 1 fully saturated rings. The summed E-state index contributed by atoms with van der Waals surface area (Å²) >= 11 is 8.06. The van der Waals surface area contributed by atoms with Gasteiger partial charge in [-0.2, -0.15) is 0 Å². The highest BCUT2D eigenvalue weighted by Gasteiger charge is 2.34. The summed E-state index contributed by atoms with van der Waals surface area (Å²) < 4.78 is 4.18. The van der Waals surface area contributed by atoms with Crippen molar-refractivity contribution in [3.63, 3.8) is 0 Å². The van der Waals surface area contributed by atoms with Crippen LogP contribution in [0.3, 0.4) is 0 Å². The summed E-state index contributed by atoms with van der Waals surface area (Å²) in [5, 5.41) is 0.814. The molecule has 2 heterocycles. The average Bonchev–Trinajstić information content (AvgIpc) is 3.30. The Hall–Kier alpha value is -2.61. The largest absolute Gasteiger partial charge is 0.342 e. The Morgan fingerprint density at radius 2 is 1.59 bits per heavy atom. The van der Waals surface area contributed by atoms with Crippen molar-refractivity contribution in [1.29, 1.82) is 0 Å². The molecule has 0 spiro atoms. The number of imide groups is 1. The lowest BCUT2D eigenvalue weighted by Crippen LogP contribution is -2.30. The summed E-state index contributed by atoms with van der Waals surface area (Å²) in [5.74, 6) is -0.227. The molecule has 7 heteroatoms. The van der Waals surface area contributed by atoms with Crippen LogP contribution in [-0.2, 0) is 17.8 Å². The first-order valence-corrected chi connectivity index (χ1v) is 13.2. The van der Waals surface area contributed by atoms with E-state index in [-0.39, 0.29) is 11.1 Å². The Kier molecular flexibility index (Phi) is 6.77. The SMILES string of the molecule is O=C1S/C(=C\c2cn(Cc3ccc(Br)cc3)c3ccc(Br)cc23)C(=O)N1CCc1ccccc1. The molecule has 0 unspecified atom stereocenters. The Morgan fingerprint density at radius 3 is 2.35 bits per heavy atom. The van der Waals surface area contributed by atoms with Gasteiger partial charge < -0.3 is 4.57 Å². The van der Waals surface area contributed by atoms with Gasteiger partial charge in [-0.15, -0.1) is 0 Å². The standard InChI is InChI=1S/C27H20Br2N2O2S/c28-21-8-6-19(7-9-21)16-30-17-20(23-15-22(29)10-11-24(23)30)14-25-26(32)31(27(33)34-25)13-12-18-4-2-1-3-5-18/h1-11,14-15,17H,12-13,16H2/b25-14-. The van der Waals surface area contributed by atoms with E-state index < -0.39 is 0 Å². The molecule has 0 atom stereocenters. The molecule has 4 aromatic rings. The van der Waals surface area contributed by atoms with E-state index in [0.717, 1.165) is 42.7 Å².